The highest BCUT2D eigenvalue weighted by Crippen LogP contribution is 2.43. The van der Waals surface area contributed by atoms with Crippen molar-refractivity contribution in [2.75, 3.05) is 0 Å². The quantitative estimate of drug-likeness (QED) is 0.203. The summed E-state index contributed by atoms with van der Waals surface area (Å²) in [6.07, 6.45) is 0. The molecular formula is C42H28N2. The Kier molecular flexibility index (Phi) is 5.54. The van der Waals surface area contributed by atoms with Gasteiger partial charge in [0.15, 0.2) is 0 Å². The zero-order chi connectivity index (χ0) is 29.0. The summed E-state index contributed by atoms with van der Waals surface area (Å²) < 4.78 is 4.89. The first kappa shape index (κ1) is 24.7. The number of hydrogen-bond donors (Lipinski definition) is 0. The van der Waals surface area contributed by atoms with Crippen LogP contribution in [0.1, 0.15) is 0 Å². The zero-order valence-corrected chi connectivity index (χ0v) is 24.1. The molecule has 206 valence electrons. The largest absolute Gasteiger partial charge is 0.309 e. The zero-order valence-electron chi connectivity index (χ0n) is 24.1. The maximum absolute atomic E-state index is 2.48. The van der Waals surface area contributed by atoms with E-state index in [0.717, 1.165) is 11.4 Å². The fraction of sp³-hybridized carbons (Fsp3) is 0. The van der Waals surface area contributed by atoms with E-state index in [1.54, 1.807) is 0 Å². The number of nitrogens with zero attached hydrogens (tertiary/aromatic N) is 2. The lowest BCUT2D eigenvalue weighted by Gasteiger charge is -2.12. The van der Waals surface area contributed by atoms with E-state index < -0.39 is 0 Å². The van der Waals surface area contributed by atoms with Crippen LogP contribution < -0.4 is 0 Å². The van der Waals surface area contributed by atoms with Gasteiger partial charge in [0, 0.05) is 32.9 Å². The molecule has 2 nitrogen and oxygen atoms in total. The first-order valence-electron chi connectivity index (χ1n) is 15.1. The van der Waals surface area contributed by atoms with E-state index in [4.69, 9.17) is 0 Å². The predicted molar refractivity (Wildman–Crippen MR) is 186 cm³/mol. The van der Waals surface area contributed by atoms with Crippen LogP contribution in [0, 0.1) is 0 Å². The summed E-state index contributed by atoms with van der Waals surface area (Å²) in [7, 11) is 0. The van der Waals surface area contributed by atoms with E-state index in [1.165, 1.54) is 65.9 Å². The SMILES string of the molecule is c1ccc(-c2cccc(-n3c4ccc(-c5ccccc5)cc4c4ccc5c(c6ccccc6n5-c5ccccc5)c43)c2)cc1. The molecule has 0 bridgehead atoms. The lowest BCUT2D eigenvalue weighted by Crippen LogP contribution is -1.96. The summed E-state index contributed by atoms with van der Waals surface area (Å²) in [5.74, 6) is 0. The number of para-hydroxylation sites is 2. The van der Waals surface area contributed by atoms with Crippen LogP contribution >= 0.6 is 0 Å². The molecule has 0 aliphatic rings. The Morgan fingerprint density at radius 3 is 1.61 bits per heavy atom. The van der Waals surface area contributed by atoms with Gasteiger partial charge in [0.1, 0.15) is 0 Å². The van der Waals surface area contributed by atoms with Gasteiger partial charge in [-0.25, -0.2) is 0 Å². The first-order chi connectivity index (χ1) is 21.8. The van der Waals surface area contributed by atoms with Gasteiger partial charge in [0.25, 0.3) is 0 Å². The molecule has 2 aromatic heterocycles. The molecule has 0 aliphatic carbocycles. The van der Waals surface area contributed by atoms with Crippen LogP contribution in [0.4, 0.5) is 0 Å². The average Bonchev–Trinajstić information content (AvgIpc) is 3.62. The summed E-state index contributed by atoms with van der Waals surface area (Å²) >= 11 is 0. The first-order valence-corrected chi connectivity index (χ1v) is 15.1. The van der Waals surface area contributed by atoms with Crippen molar-refractivity contribution in [3.05, 3.63) is 170 Å². The summed E-state index contributed by atoms with van der Waals surface area (Å²) in [5, 5.41) is 5.03. The van der Waals surface area contributed by atoms with Gasteiger partial charge in [-0.15, -0.1) is 0 Å². The monoisotopic (exact) mass is 560 g/mol. The van der Waals surface area contributed by atoms with Crippen molar-refractivity contribution in [2.45, 2.75) is 0 Å². The highest BCUT2D eigenvalue weighted by atomic mass is 15.0. The molecule has 0 spiro atoms. The Bertz CT molecular complexity index is 2470. The van der Waals surface area contributed by atoms with Gasteiger partial charge < -0.3 is 9.13 Å². The molecule has 9 rings (SSSR count). The Hall–Kier alpha value is -5.86. The Balaban J connectivity index is 1.44. The molecule has 0 N–H and O–H groups in total. The van der Waals surface area contributed by atoms with Crippen molar-refractivity contribution >= 4 is 43.6 Å². The number of rotatable bonds is 4. The lowest BCUT2D eigenvalue weighted by molar-refractivity contribution is 1.17. The lowest BCUT2D eigenvalue weighted by atomic mass is 10.0. The average molecular weight is 561 g/mol. The summed E-state index contributed by atoms with van der Waals surface area (Å²) in [4.78, 5) is 0. The van der Waals surface area contributed by atoms with E-state index >= 15 is 0 Å². The molecule has 44 heavy (non-hydrogen) atoms. The maximum Gasteiger partial charge on any atom is 0.0641 e. The van der Waals surface area contributed by atoms with Gasteiger partial charge in [-0.05, 0) is 70.8 Å². The number of benzene rings is 7. The van der Waals surface area contributed by atoms with Gasteiger partial charge in [-0.3, -0.25) is 0 Å². The summed E-state index contributed by atoms with van der Waals surface area (Å²) in [5.41, 5.74) is 12.0. The van der Waals surface area contributed by atoms with Gasteiger partial charge in [0.05, 0.1) is 22.1 Å². The molecule has 0 atom stereocenters. The van der Waals surface area contributed by atoms with Crippen molar-refractivity contribution in [3.8, 4) is 33.6 Å². The van der Waals surface area contributed by atoms with Crippen molar-refractivity contribution in [1.82, 2.24) is 9.13 Å². The van der Waals surface area contributed by atoms with Crippen molar-refractivity contribution in [3.63, 3.8) is 0 Å². The van der Waals surface area contributed by atoms with E-state index in [0.29, 0.717) is 0 Å². The topological polar surface area (TPSA) is 9.86 Å². The second-order valence-corrected chi connectivity index (χ2v) is 11.4. The molecule has 0 fully saturated rings. The molecule has 2 heteroatoms. The van der Waals surface area contributed by atoms with Crippen LogP contribution in [-0.2, 0) is 0 Å². The number of hydrogen-bond acceptors (Lipinski definition) is 0. The highest BCUT2D eigenvalue weighted by Gasteiger charge is 2.21. The van der Waals surface area contributed by atoms with E-state index in [2.05, 4.69) is 179 Å². The van der Waals surface area contributed by atoms with E-state index in [9.17, 15) is 0 Å². The fourth-order valence-electron chi connectivity index (χ4n) is 6.95. The van der Waals surface area contributed by atoms with Crippen LogP contribution in [0.5, 0.6) is 0 Å². The third-order valence-electron chi connectivity index (χ3n) is 8.90. The van der Waals surface area contributed by atoms with Crippen molar-refractivity contribution < 1.29 is 0 Å². The van der Waals surface area contributed by atoms with Crippen LogP contribution in [-0.4, -0.2) is 9.13 Å². The minimum absolute atomic E-state index is 1.16. The normalized spacial score (nSPS) is 11.6. The molecule has 0 aliphatic heterocycles. The molecule has 0 unspecified atom stereocenters. The van der Waals surface area contributed by atoms with Gasteiger partial charge in [0.2, 0.25) is 0 Å². The summed E-state index contributed by atoms with van der Waals surface area (Å²) in [6.45, 7) is 0. The van der Waals surface area contributed by atoms with Crippen molar-refractivity contribution in [1.29, 1.82) is 0 Å². The van der Waals surface area contributed by atoms with E-state index in [-0.39, 0.29) is 0 Å². The molecule has 0 saturated heterocycles. The van der Waals surface area contributed by atoms with Gasteiger partial charge in [-0.1, -0.05) is 121 Å². The standard InChI is InChI=1S/C42H28N2/c1-4-13-29(14-5-1)31-17-12-20-34(27-31)44-39-25-23-32(30-15-6-2-7-16-30)28-37(39)35-24-26-40-41(42(35)44)36-21-10-11-22-38(36)43(40)33-18-8-3-9-19-33/h1-28H. The third kappa shape index (κ3) is 3.75. The molecule has 2 heterocycles. The summed E-state index contributed by atoms with van der Waals surface area (Å²) in [6, 6.07) is 61.4. The Morgan fingerprint density at radius 1 is 0.295 bits per heavy atom. The predicted octanol–water partition coefficient (Wildman–Crippen LogP) is 11.2. The molecule has 0 saturated carbocycles. The van der Waals surface area contributed by atoms with Crippen molar-refractivity contribution in [2.24, 2.45) is 0 Å². The molecular weight excluding hydrogens is 532 g/mol. The maximum atomic E-state index is 2.48. The highest BCUT2D eigenvalue weighted by molar-refractivity contribution is 6.26. The minimum Gasteiger partial charge on any atom is -0.309 e. The third-order valence-corrected chi connectivity index (χ3v) is 8.90. The second kappa shape index (κ2) is 9.86. The molecule has 7 aromatic carbocycles. The second-order valence-electron chi connectivity index (χ2n) is 11.4. The Morgan fingerprint density at radius 2 is 0.864 bits per heavy atom. The van der Waals surface area contributed by atoms with Crippen LogP contribution in [0.3, 0.4) is 0 Å². The van der Waals surface area contributed by atoms with Gasteiger partial charge >= 0.3 is 0 Å². The van der Waals surface area contributed by atoms with Crippen LogP contribution in [0.15, 0.2) is 170 Å². The molecule has 0 amide bonds. The number of aromatic nitrogens is 2. The Labute approximate surface area is 255 Å². The number of fused-ring (bicyclic) bond motifs is 7. The van der Waals surface area contributed by atoms with E-state index in [1.807, 2.05) is 0 Å². The minimum atomic E-state index is 1.16. The molecule has 0 radical (unpaired) electrons. The fourth-order valence-corrected chi connectivity index (χ4v) is 6.95. The van der Waals surface area contributed by atoms with Gasteiger partial charge in [-0.2, -0.15) is 0 Å². The van der Waals surface area contributed by atoms with Crippen LogP contribution in [0.2, 0.25) is 0 Å². The van der Waals surface area contributed by atoms with Crippen LogP contribution in [0.25, 0.3) is 77.2 Å². The molecule has 9 aromatic rings. The smallest absolute Gasteiger partial charge is 0.0641 e.